The number of ketones is 1. The van der Waals surface area contributed by atoms with Crippen LogP contribution in [0.15, 0.2) is 59.5 Å². The van der Waals surface area contributed by atoms with Crippen molar-refractivity contribution in [2.45, 2.75) is 51.2 Å². The molecule has 10 heteroatoms. The maximum absolute atomic E-state index is 13.7. The lowest BCUT2D eigenvalue weighted by molar-refractivity contribution is 0.103. The Morgan fingerprint density at radius 2 is 1.72 bits per heavy atom. The zero-order chi connectivity index (χ0) is 29.1. The minimum atomic E-state index is -3.34. The third kappa shape index (κ3) is 7.32. The van der Waals surface area contributed by atoms with Crippen molar-refractivity contribution >= 4 is 26.6 Å². The van der Waals surface area contributed by atoms with Crippen molar-refractivity contribution in [2.24, 2.45) is 7.05 Å². The molecular weight excluding hydrogens is 536 g/mol. The van der Waals surface area contributed by atoms with Gasteiger partial charge in [-0.15, -0.1) is 0 Å². The first-order valence-electron chi connectivity index (χ1n) is 12.6. The second-order valence-corrected chi connectivity index (χ2v) is 14.8. The van der Waals surface area contributed by atoms with Crippen molar-refractivity contribution in [3.8, 4) is 16.9 Å². The number of carbonyl (C=O) groups excluding carboxylic acids is 1. The first-order valence-corrected chi connectivity index (χ1v) is 15.5. The van der Waals surface area contributed by atoms with Gasteiger partial charge in [0.15, 0.2) is 15.6 Å². The van der Waals surface area contributed by atoms with Gasteiger partial charge in [-0.25, -0.2) is 17.3 Å². The van der Waals surface area contributed by atoms with Gasteiger partial charge in [-0.2, -0.15) is 0 Å². The Kier molecular flexibility index (Phi) is 9.35. The third-order valence-electron chi connectivity index (χ3n) is 6.36. The molecule has 1 heterocycles. The van der Waals surface area contributed by atoms with E-state index in [1.165, 1.54) is 10.6 Å². The highest BCUT2D eigenvalue weighted by Crippen LogP contribution is 2.33. The van der Waals surface area contributed by atoms with Gasteiger partial charge in [0.1, 0.15) is 5.75 Å². The van der Waals surface area contributed by atoms with Gasteiger partial charge in [-0.3, -0.25) is 9.59 Å². The monoisotopic (exact) mass is 572 g/mol. The molecule has 0 bridgehead atoms. The number of nitrogens with one attached hydrogen (secondary N) is 1. The Morgan fingerprint density at radius 3 is 2.28 bits per heavy atom. The topological polar surface area (TPSA) is 112 Å². The largest absolute Gasteiger partial charge is 0.497 e. The van der Waals surface area contributed by atoms with Crippen LogP contribution in [-0.4, -0.2) is 40.6 Å². The van der Waals surface area contributed by atoms with E-state index >= 15 is 0 Å². The zero-order valence-electron chi connectivity index (χ0n) is 23.4. The molecule has 0 spiro atoms. The SMILES string of the molecule is CCS(=O)(=O)Cc1ccc(C(=O)c2ccc(OC)cc2)c(-c2cn(C)c(=O)cc2C(C)N[S@@](=O)C(C)(C)C)c1. The summed E-state index contributed by atoms with van der Waals surface area (Å²) in [6.07, 6.45) is 1.63. The Balaban J connectivity index is 2.26. The number of methoxy groups -OCH3 is 1. The van der Waals surface area contributed by atoms with Crippen LogP contribution in [0.3, 0.4) is 0 Å². The van der Waals surface area contributed by atoms with E-state index in [2.05, 4.69) is 4.72 Å². The molecule has 0 aliphatic carbocycles. The van der Waals surface area contributed by atoms with Gasteiger partial charge < -0.3 is 9.30 Å². The Labute approximate surface area is 232 Å². The lowest BCUT2D eigenvalue weighted by Gasteiger charge is -2.24. The highest BCUT2D eigenvalue weighted by molar-refractivity contribution is 7.90. The molecule has 0 radical (unpaired) electrons. The molecule has 0 aliphatic rings. The highest BCUT2D eigenvalue weighted by atomic mass is 32.2. The fourth-order valence-corrected chi connectivity index (χ4v) is 5.68. The molecule has 0 aliphatic heterocycles. The molecule has 210 valence electrons. The van der Waals surface area contributed by atoms with Crippen LogP contribution in [0.2, 0.25) is 0 Å². The summed E-state index contributed by atoms with van der Waals surface area (Å²) in [5.41, 5.74) is 2.64. The summed E-state index contributed by atoms with van der Waals surface area (Å²) in [5.74, 6) is 0.144. The first kappa shape index (κ1) is 30.5. The summed E-state index contributed by atoms with van der Waals surface area (Å²) in [6.45, 7) is 8.93. The molecule has 2 aromatic carbocycles. The predicted octanol–water partition coefficient (Wildman–Crippen LogP) is 4.34. The van der Waals surface area contributed by atoms with Gasteiger partial charge in [0, 0.05) is 47.8 Å². The number of pyridine rings is 1. The molecule has 1 unspecified atom stereocenters. The average molecular weight is 573 g/mol. The van der Waals surface area contributed by atoms with E-state index in [0.717, 1.165) is 0 Å². The highest BCUT2D eigenvalue weighted by Gasteiger charge is 2.25. The van der Waals surface area contributed by atoms with E-state index in [1.807, 2.05) is 20.8 Å². The van der Waals surface area contributed by atoms with Gasteiger partial charge in [-0.05, 0) is 74.7 Å². The number of benzene rings is 2. The summed E-state index contributed by atoms with van der Waals surface area (Å²) in [4.78, 5) is 26.4. The molecule has 1 N–H and O–H groups in total. The number of nitrogens with zero attached hydrogens (tertiary/aromatic N) is 1. The molecule has 1 aromatic heterocycles. The normalized spacial score (nSPS) is 13.6. The molecule has 3 rings (SSSR count). The van der Waals surface area contributed by atoms with Crippen LogP contribution in [0.25, 0.3) is 11.1 Å². The van der Waals surface area contributed by atoms with Crippen molar-refractivity contribution in [3.63, 3.8) is 0 Å². The number of sulfone groups is 1. The Hall–Kier alpha value is -3.08. The van der Waals surface area contributed by atoms with E-state index in [9.17, 15) is 22.2 Å². The maximum Gasteiger partial charge on any atom is 0.250 e. The second-order valence-electron chi connectivity index (χ2n) is 10.4. The molecule has 0 saturated carbocycles. The minimum absolute atomic E-state index is 0.0144. The van der Waals surface area contributed by atoms with E-state index in [1.54, 1.807) is 76.7 Å². The van der Waals surface area contributed by atoms with Crippen LogP contribution < -0.4 is 15.0 Å². The number of aryl methyl sites for hydroxylation is 1. The fraction of sp³-hybridized carbons (Fsp3) is 0.379. The number of rotatable bonds is 10. The maximum atomic E-state index is 13.7. The van der Waals surface area contributed by atoms with Gasteiger partial charge >= 0.3 is 0 Å². The lowest BCUT2D eigenvalue weighted by atomic mass is 9.89. The number of hydrogen-bond donors (Lipinski definition) is 1. The fourth-order valence-electron chi connectivity index (χ4n) is 3.98. The number of ether oxygens (including phenoxy) is 1. The van der Waals surface area contributed by atoms with Gasteiger partial charge in [0.05, 0.1) is 28.6 Å². The number of aromatic nitrogens is 1. The molecule has 0 fully saturated rings. The molecule has 0 amide bonds. The van der Waals surface area contributed by atoms with Gasteiger partial charge in [0.25, 0.3) is 5.56 Å². The van der Waals surface area contributed by atoms with Crippen molar-refractivity contribution in [1.82, 2.24) is 9.29 Å². The zero-order valence-corrected chi connectivity index (χ0v) is 25.0. The van der Waals surface area contributed by atoms with Crippen LogP contribution in [0.5, 0.6) is 5.75 Å². The van der Waals surface area contributed by atoms with E-state index in [-0.39, 0.29) is 22.8 Å². The van der Waals surface area contributed by atoms with Crippen molar-refractivity contribution in [3.05, 3.63) is 87.3 Å². The summed E-state index contributed by atoms with van der Waals surface area (Å²) in [6, 6.07) is 12.6. The first-order chi connectivity index (χ1) is 18.2. The van der Waals surface area contributed by atoms with Crippen molar-refractivity contribution in [2.75, 3.05) is 12.9 Å². The number of hydrogen-bond acceptors (Lipinski definition) is 6. The van der Waals surface area contributed by atoms with Crippen LogP contribution >= 0.6 is 0 Å². The standard InChI is InChI=1S/C29H36N2O6S2/c1-8-39(35,36)18-20-9-14-23(28(33)21-10-12-22(37-7)13-11-21)25(15-20)26-17-31(6)27(32)16-24(26)19(2)30-38(34)29(3,4)5/h9-17,19,30H,8,18H2,1-7H3/t19?,38-/m0/s1. The minimum Gasteiger partial charge on any atom is -0.497 e. The predicted molar refractivity (Wildman–Crippen MR) is 156 cm³/mol. The molecular formula is C29H36N2O6S2. The van der Waals surface area contributed by atoms with E-state index < -0.39 is 31.6 Å². The summed E-state index contributed by atoms with van der Waals surface area (Å²) in [7, 11) is -1.62. The molecule has 0 saturated heterocycles. The molecule has 2 atom stereocenters. The second kappa shape index (κ2) is 12.0. The lowest BCUT2D eigenvalue weighted by Crippen LogP contribution is -2.35. The van der Waals surface area contributed by atoms with Gasteiger partial charge in [0.2, 0.25) is 0 Å². The van der Waals surface area contributed by atoms with E-state index in [0.29, 0.717) is 39.1 Å². The van der Waals surface area contributed by atoms with Crippen molar-refractivity contribution < 1.29 is 22.2 Å². The molecule has 3 aromatic rings. The average Bonchev–Trinajstić information content (AvgIpc) is 2.88. The van der Waals surface area contributed by atoms with Crippen LogP contribution in [0, 0.1) is 0 Å². The van der Waals surface area contributed by atoms with Crippen LogP contribution in [0.4, 0.5) is 0 Å². The number of carbonyl (C=O) groups is 1. The summed E-state index contributed by atoms with van der Waals surface area (Å²) < 4.78 is 46.9. The molecule has 8 nitrogen and oxygen atoms in total. The van der Waals surface area contributed by atoms with E-state index in [4.69, 9.17) is 4.74 Å². The third-order valence-corrected chi connectivity index (χ3v) is 9.70. The molecule has 39 heavy (non-hydrogen) atoms. The summed E-state index contributed by atoms with van der Waals surface area (Å²) >= 11 is 0. The smallest absolute Gasteiger partial charge is 0.250 e. The van der Waals surface area contributed by atoms with Crippen LogP contribution in [0.1, 0.15) is 67.7 Å². The Bertz CT molecular complexity index is 1550. The van der Waals surface area contributed by atoms with Gasteiger partial charge in [-0.1, -0.05) is 19.1 Å². The summed E-state index contributed by atoms with van der Waals surface area (Å²) in [5, 5.41) is 0. The van der Waals surface area contributed by atoms with Crippen molar-refractivity contribution in [1.29, 1.82) is 0 Å². The Morgan fingerprint density at radius 1 is 1.08 bits per heavy atom. The van der Waals surface area contributed by atoms with Crippen LogP contribution in [-0.2, 0) is 33.6 Å². The quantitative estimate of drug-likeness (QED) is 0.362.